The highest BCUT2D eigenvalue weighted by Crippen LogP contribution is 2.33. The third kappa shape index (κ3) is 4.47. The van der Waals surface area contributed by atoms with Crippen LogP contribution in [0.5, 0.6) is 5.75 Å². The molecular formula is C28H32N2O4. The van der Waals surface area contributed by atoms with Crippen LogP contribution in [-0.4, -0.2) is 36.0 Å². The van der Waals surface area contributed by atoms with Gasteiger partial charge < -0.3 is 14.1 Å². The highest BCUT2D eigenvalue weighted by molar-refractivity contribution is 5.98. The number of benzene rings is 2. The maximum atomic E-state index is 13.4. The summed E-state index contributed by atoms with van der Waals surface area (Å²) in [4.78, 5) is 30.4. The molecule has 0 spiro atoms. The number of ether oxygens (including phenoxy) is 1. The molecule has 178 valence electrons. The second kappa shape index (κ2) is 9.63. The minimum absolute atomic E-state index is 0.0234. The van der Waals surface area contributed by atoms with Crippen molar-refractivity contribution in [2.45, 2.75) is 64.6 Å². The number of piperidine rings is 1. The molecule has 6 heteroatoms. The van der Waals surface area contributed by atoms with Crippen LogP contribution < -0.4 is 15.3 Å². The summed E-state index contributed by atoms with van der Waals surface area (Å²) in [6.45, 7) is 5.71. The first-order valence-electron chi connectivity index (χ1n) is 12.3. The fraction of sp³-hybridized carbons (Fsp3) is 0.429. The SMILES string of the molecule is C[C@H]1CCC[C@H](C)N1CC(=O)N1CCCc2c1c(=O)oc1ccc(OCc3ccccc3)cc21. The number of carbonyl (C=O) groups is 1. The maximum Gasteiger partial charge on any atom is 0.360 e. The van der Waals surface area contributed by atoms with E-state index in [4.69, 9.17) is 9.15 Å². The zero-order valence-corrected chi connectivity index (χ0v) is 20.0. The lowest BCUT2D eigenvalue weighted by atomic mass is 9.96. The third-order valence-electron chi connectivity index (χ3n) is 7.28. The van der Waals surface area contributed by atoms with Crippen molar-refractivity contribution in [3.63, 3.8) is 0 Å². The Morgan fingerprint density at radius 3 is 2.59 bits per heavy atom. The number of aryl methyl sites for hydroxylation is 1. The van der Waals surface area contributed by atoms with Crippen LogP contribution in [0.2, 0.25) is 0 Å². The largest absolute Gasteiger partial charge is 0.489 e. The van der Waals surface area contributed by atoms with Crippen LogP contribution in [-0.2, 0) is 17.8 Å². The van der Waals surface area contributed by atoms with Gasteiger partial charge in [0.25, 0.3) is 0 Å². The van der Waals surface area contributed by atoms with Crippen molar-refractivity contribution >= 4 is 22.6 Å². The molecule has 0 saturated carbocycles. The number of likely N-dealkylation sites (tertiary alicyclic amines) is 1. The highest BCUT2D eigenvalue weighted by atomic mass is 16.5. The standard InChI is InChI=1S/C28H32N2O4/c1-19-8-6-9-20(2)30(19)17-26(31)29-15-7-12-23-24-16-22(33-18-21-10-4-3-5-11-21)13-14-25(24)34-28(32)27(23)29/h3-5,10-11,13-14,16,19-20H,6-9,12,15,17-18H2,1-2H3/t19-,20-/m0/s1. The second-order valence-electron chi connectivity index (χ2n) is 9.60. The van der Waals surface area contributed by atoms with E-state index in [2.05, 4.69) is 18.7 Å². The van der Waals surface area contributed by atoms with Crippen LogP contribution in [0.3, 0.4) is 0 Å². The summed E-state index contributed by atoms with van der Waals surface area (Å²) in [6.07, 6.45) is 4.96. The Balaban J connectivity index is 1.44. The predicted octanol–water partition coefficient (Wildman–Crippen LogP) is 4.91. The quantitative estimate of drug-likeness (QED) is 0.506. The van der Waals surface area contributed by atoms with Crippen molar-refractivity contribution in [3.8, 4) is 5.75 Å². The molecule has 2 aromatic carbocycles. The molecule has 2 aliphatic rings. The number of fused-ring (bicyclic) bond motifs is 3. The third-order valence-corrected chi connectivity index (χ3v) is 7.28. The molecule has 34 heavy (non-hydrogen) atoms. The molecule has 0 N–H and O–H groups in total. The second-order valence-corrected chi connectivity index (χ2v) is 9.60. The molecule has 1 aromatic heterocycles. The maximum absolute atomic E-state index is 13.4. The molecule has 5 rings (SSSR count). The van der Waals surface area contributed by atoms with E-state index in [1.165, 1.54) is 6.42 Å². The molecule has 1 amide bonds. The molecule has 0 unspecified atom stereocenters. The zero-order valence-electron chi connectivity index (χ0n) is 20.0. The number of anilines is 1. The monoisotopic (exact) mass is 460 g/mol. The van der Waals surface area contributed by atoms with E-state index in [-0.39, 0.29) is 5.91 Å². The number of carbonyl (C=O) groups excluding carboxylic acids is 1. The summed E-state index contributed by atoms with van der Waals surface area (Å²) in [5.74, 6) is 0.691. The summed E-state index contributed by atoms with van der Waals surface area (Å²) in [7, 11) is 0. The Hall–Kier alpha value is -3.12. The van der Waals surface area contributed by atoms with E-state index in [0.29, 0.717) is 48.8 Å². The van der Waals surface area contributed by atoms with E-state index >= 15 is 0 Å². The summed E-state index contributed by atoms with van der Waals surface area (Å²) in [5.41, 5.74) is 2.47. The van der Waals surface area contributed by atoms with Crippen LogP contribution in [0.1, 0.15) is 50.7 Å². The number of nitrogens with zero attached hydrogens (tertiary/aromatic N) is 2. The van der Waals surface area contributed by atoms with E-state index in [9.17, 15) is 9.59 Å². The highest BCUT2D eigenvalue weighted by Gasteiger charge is 2.32. The van der Waals surface area contributed by atoms with Gasteiger partial charge in [0.15, 0.2) is 0 Å². The van der Waals surface area contributed by atoms with Crippen molar-refractivity contribution in [1.29, 1.82) is 0 Å². The molecule has 2 atom stereocenters. The zero-order chi connectivity index (χ0) is 23.7. The average Bonchev–Trinajstić information content (AvgIpc) is 2.85. The van der Waals surface area contributed by atoms with Gasteiger partial charge >= 0.3 is 5.63 Å². The Kier molecular flexibility index (Phi) is 6.42. The minimum atomic E-state index is -0.437. The molecule has 0 radical (unpaired) electrons. The molecule has 3 aromatic rings. The summed E-state index contributed by atoms with van der Waals surface area (Å²) in [5, 5.41) is 0.845. The van der Waals surface area contributed by atoms with Crippen LogP contribution >= 0.6 is 0 Å². The van der Waals surface area contributed by atoms with Crippen molar-refractivity contribution in [2.24, 2.45) is 0 Å². The lowest BCUT2D eigenvalue weighted by Gasteiger charge is -2.40. The molecule has 2 aliphatic heterocycles. The van der Waals surface area contributed by atoms with E-state index < -0.39 is 5.63 Å². The topological polar surface area (TPSA) is 63.0 Å². The van der Waals surface area contributed by atoms with Gasteiger partial charge in [-0.05, 0) is 68.9 Å². The molecule has 6 nitrogen and oxygen atoms in total. The van der Waals surface area contributed by atoms with Gasteiger partial charge in [-0.3, -0.25) is 9.69 Å². The van der Waals surface area contributed by atoms with Gasteiger partial charge in [-0.15, -0.1) is 0 Å². The first kappa shape index (κ1) is 22.7. The number of amides is 1. The van der Waals surface area contributed by atoms with Gasteiger partial charge in [-0.1, -0.05) is 36.8 Å². The summed E-state index contributed by atoms with van der Waals surface area (Å²) in [6, 6.07) is 16.3. The molecule has 0 bridgehead atoms. The molecule has 1 fully saturated rings. The van der Waals surface area contributed by atoms with Crippen molar-refractivity contribution in [3.05, 3.63) is 70.1 Å². The Morgan fingerprint density at radius 2 is 1.82 bits per heavy atom. The smallest absolute Gasteiger partial charge is 0.360 e. The molecular weight excluding hydrogens is 428 g/mol. The van der Waals surface area contributed by atoms with Crippen LogP contribution in [0, 0.1) is 0 Å². The molecule has 0 aliphatic carbocycles. The van der Waals surface area contributed by atoms with E-state index in [1.807, 2.05) is 42.5 Å². The molecule has 3 heterocycles. The Labute approximate surface area is 200 Å². The van der Waals surface area contributed by atoms with Crippen molar-refractivity contribution in [2.75, 3.05) is 18.0 Å². The van der Waals surface area contributed by atoms with Gasteiger partial charge in [0.05, 0.1) is 6.54 Å². The first-order valence-corrected chi connectivity index (χ1v) is 12.3. The van der Waals surface area contributed by atoms with Gasteiger partial charge in [0.2, 0.25) is 5.91 Å². The summed E-state index contributed by atoms with van der Waals surface area (Å²) >= 11 is 0. The van der Waals surface area contributed by atoms with E-state index in [1.54, 1.807) is 11.0 Å². The van der Waals surface area contributed by atoms with Gasteiger partial charge in [0.1, 0.15) is 23.6 Å². The van der Waals surface area contributed by atoms with Crippen molar-refractivity contribution < 1.29 is 13.9 Å². The fourth-order valence-corrected chi connectivity index (χ4v) is 5.39. The van der Waals surface area contributed by atoms with Gasteiger partial charge in [-0.2, -0.15) is 0 Å². The van der Waals surface area contributed by atoms with Gasteiger partial charge in [-0.25, -0.2) is 4.79 Å². The predicted molar refractivity (Wildman–Crippen MR) is 133 cm³/mol. The lowest BCUT2D eigenvalue weighted by Crippen LogP contribution is -2.51. The summed E-state index contributed by atoms with van der Waals surface area (Å²) < 4.78 is 11.7. The van der Waals surface area contributed by atoms with Crippen LogP contribution in [0.4, 0.5) is 5.69 Å². The minimum Gasteiger partial charge on any atom is -0.489 e. The van der Waals surface area contributed by atoms with E-state index in [0.717, 1.165) is 42.2 Å². The average molecular weight is 461 g/mol. The number of rotatable bonds is 5. The number of hydrogen-bond acceptors (Lipinski definition) is 5. The van der Waals surface area contributed by atoms with Gasteiger partial charge in [0, 0.05) is 24.0 Å². The normalized spacial score (nSPS) is 20.8. The fourth-order valence-electron chi connectivity index (χ4n) is 5.39. The van der Waals surface area contributed by atoms with Crippen LogP contribution in [0.15, 0.2) is 57.7 Å². The first-order chi connectivity index (χ1) is 16.5. The lowest BCUT2D eigenvalue weighted by molar-refractivity contribution is -0.121. The Bertz CT molecular complexity index is 1230. The van der Waals surface area contributed by atoms with Crippen LogP contribution in [0.25, 0.3) is 11.0 Å². The number of hydrogen-bond donors (Lipinski definition) is 0. The molecule has 1 saturated heterocycles. The van der Waals surface area contributed by atoms with Crippen molar-refractivity contribution in [1.82, 2.24) is 4.90 Å². The Morgan fingerprint density at radius 1 is 1.06 bits per heavy atom.